The molecule has 1 fully saturated rings. The minimum absolute atomic E-state index is 0.0611. The van der Waals surface area contributed by atoms with Crippen LogP contribution in [-0.2, 0) is 9.59 Å². The zero-order valence-electron chi connectivity index (χ0n) is 24.6. The summed E-state index contributed by atoms with van der Waals surface area (Å²) in [7, 11) is 9.01. The van der Waals surface area contributed by atoms with Crippen LogP contribution in [0.1, 0.15) is 46.6 Å². The molecule has 12 heteroatoms. The van der Waals surface area contributed by atoms with E-state index in [2.05, 4.69) is 15.6 Å². The number of likely N-dealkylation sites (N-methyl/N-ethyl adjacent to an activating group) is 2. The lowest BCUT2D eigenvalue weighted by molar-refractivity contribution is -0.135. The van der Waals surface area contributed by atoms with Gasteiger partial charge in [-0.05, 0) is 64.0 Å². The number of carbonyl (C=O) groups excluding carboxylic acids is 4. The molecule has 0 bridgehead atoms. The highest BCUT2D eigenvalue weighted by molar-refractivity contribution is 6.30. The molecule has 0 radical (unpaired) electrons. The predicted octanol–water partition coefficient (Wildman–Crippen LogP) is 4.20. The summed E-state index contributed by atoms with van der Waals surface area (Å²) in [5, 5.41) is 6.35. The smallest absolute Gasteiger partial charge is 0.294 e. The number of amides is 4. The monoisotopic (exact) mass is 596 g/mol. The minimum Gasteiger partial charge on any atom is -0.449 e. The standard InChI is InChI=1S/C30H37ClN6O5/c1-35(2)15-16-37(5)30(41)21-7-6-8-22-24(21)25(26(42-22)28(39)33-23-14-13-20(31)17-32-23)34-27(38)18-9-11-19(12-10-18)29(40)36(3)4/h6-8,13-14,17-19H,9-12,15-16H2,1-5H3,(H,34,38)(H,32,33,39). The van der Waals surface area contributed by atoms with Gasteiger partial charge in [0.25, 0.3) is 11.8 Å². The molecule has 1 aromatic carbocycles. The number of pyridine rings is 1. The number of nitrogens with one attached hydrogen (secondary N) is 2. The van der Waals surface area contributed by atoms with Gasteiger partial charge < -0.3 is 29.8 Å². The molecule has 11 nitrogen and oxygen atoms in total. The number of hydrogen-bond acceptors (Lipinski definition) is 7. The molecule has 2 aromatic heterocycles. The third kappa shape index (κ3) is 7.08. The molecule has 224 valence electrons. The van der Waals surface area contributed by atoms with Gasteiger partial charge in [0, 0.05) is 52.3 Å². The van der Waals surface area contributed by atoms with Crippen LogP contribution in [0, 0.1) is 11.8 Å². The average molecular weight is 597 g/mol. The van der Waals surface area contributed by atoms with Crippen molar-refractivity contribution in [1.29, 1.82) is 0 Å². The molecule has 0 spiro atoms. The number of furan rings is 1. The van der Waals surface area contributed by atoms with Gasteiger partial charge in [0.15, 0.2) is 0 Å². The van der Waals surface area contributed by atoms with Crippen molar-refractivity contribution in [3.05, 3.63) is 52.9 Å². The van der Waals surface area contributed by atoms with Gasteiger partial charge in [0.05, 0.1) is 16.0 Å². The Morgan fingerprint density at radius 2 is 1.62 bits per heavy atom. The summed E-state index contributed by atoms with van der Waals surface area (Å²) < 4.78 is 5.98. The van der Waals surface area contributed by atoms with Crippen LogP contribution < -0.4 is 10.6 Å². The molecular weight excluding hydrogens is 560 g/mol. The van der Waals surface area contributed by atoms with Gasteiger partial charge in [-0.3, -0.25) is 19.2 Å². The molecule has 3 aromatic rings. The maximum absolute atomic E-state index is 13.6. The van der Waals surface area contributed by atoms with Crippen LogP contribution in [0.15, 0.2) is 40.9 Å². The lowest BCUT2D eigenvalue weighted by atomic mass is 9.81. The first-order valence-corrected chi connectivity index (χ1v) is 14.2. The molecule has 0 atom stereocenters. The summed E-state index contributed by atoms with van der Waals surface area (Å²) in [6.07, 6.45) is 3.65. The Hall–Kier alpha value is -3.96. The van der Waals surface area contributed by atoms with Gasteiger partial charge in [0.1, 0.15) is 17.1 Å². The summed E-state index contributed by atoms with van der Waals surface area (Å²) in [6.45, 7) is 1.14. The number of aromatic nitrogens is 1. The van der Waals surface area contributed by atoms with Crippen molar-refractivity contribution in [1.82, 2.24) is 19.7 Å². The first kappa shape index (κ1) is 31.0. The fourth-order valence-corrected chi connectivity index (χ4v) is 5.19. The Bertz CT molecular complexity index is 1460. The predicted molar refractivity (Wildman–Crippen MR) is 162 cm³/mol. The Balaban J connectivity index is 1.67. The normalized spacial score (nSPS) is 16.7. The number of carbonyl (C=O) groups is 4. The number of benzene rings is 1. The molecule has 1 saturated carbocycles. The number of fused-ring (bicyclic) bond motifs is 1. The zero-order valence-corrected chi connectivity index (χ0v) is 25.3. The van der Waals surface area contributed by atoms with E-state index >= 15 is 0 Å². The van der Waals surface area contributed by atoms with Gasteiger partial charge in [-0.25, -0.2) is 4.98 Å². The highest BCUT2D eigenvalue weighted by Crippen LogP contribution is 2.37. The molecule has 4 rings (SSSR count). The minimum atomic E-state index is -0.643. The van der Waals surface area contributed by atoms with Gasteiger partial charge >= 0.3 is 0 Å². The molecule has 0 unspecified atom stereocenters. The van der Waals surface area contributed by atoms with Gasteiger partial charge in [-0.2, -0.15) is 0 Å². The largest absolute Gasteiger partial charge is 0.449 e. The van der Waals surface area contributed by atoms with Crippen LogP contribution >= 0.6 is 11.6 Å². The van der Waals surface area contributed by atoms with E-state index in [1.165, 1.54) is 6.20 Å². The van der Waals surface area contributed by atoms with E-state index in [4.69, 9.17) is 16.0 Å². The second-order valence-corrected chi connectivity index (χ2v) is 11.5. The summed E-state index contributed by atoms with van der Waals surface area (Å²) in [6, 6.07) is 8.11. The molecule has 0 saturated heterocycles. The van der Waals surface area contributed by atoms with Crippen molar-refractivity contribution in [3.8, 4) is 0 Å². The molecule has 0 aliphatic heterocycles. The number of rotatable bonds is 9. The molecular formula is C30H37ClN6O5. The van der Waals surface area contributed by atoms with Crippen molar-refractivity contribution in [2.45, 2.75) is 25.7 Å². The van der Waals surface area contributed by atoms with Crippen molar-refractivity contribution < 1.29 is 23.6 Å². The first-order valence-electron chi connectivity index (χ1n) is 13.9. The highest BCUT2D eigenvalue weighted by Gasteiger charge is 2.33. The van der Waals surface area contributed by atoms with Crippen LogP contribution in [-0.4, -0.2) is 91.6 Å². The molecule has 1 aliphatic rings. The van der Waals surface area contributed by atoms with E-state index in [1.807, 2.05) is 19.0 Å². The Morgan fingerprint density at radius 1 is 0.929 bits per heavy atom. The third-order valence-corrected chi connectivity index (χ3v) is 7.71. The summed E-state index contributed by atoms with van der Waals surface area (Å²) in [5.74, 6) is -1.53. The Labute approximate surface area is 250 Å². The van der Waals surface area contributed by atoms with Crippen molar-refractivity contribution in [2.24, 2.45) is 11.8 Å². The molecule has 42 heavy (non-hydrogen) atoms. The van der Waals surface area contributed by atoms with E-state index in [1.54, 1.807) is 61.3 Å². The molecule has 2 heterocycles. The van der Waals surface area contributed by atoms with Crippen LogP contribution in [0.25, 0.3) is 11.0 Å². The van der Waals surface area contributed by atoms with Crippen LogP contribution in [0.2, 0.25) is 5.02 Å². The van der Waals surface area contributed by atoms with E-state index in [0.29, 0.717) is 54.7 Å². The SMILES string of the molecule is CN(C)CCN(C)C(=O)c1cccc2oc(C(=O)Nc3ccc(Cl)cn3)c(NC(=O)C3CCC(C(=O)N(C)C)CC3)c12. The molecule has 2 N–H and O–H groups in total. The van der Waals surface area contributed by atoms with Crippen LogP contribution in [0.5, 0.6) is 0 Å². The van der Waals surface area contributed by atoms with Crippen molar-refractivity contribution in [3.63, 3.8) is 0 Å². The van der Waals surface area contributed by atoms with E-state index in [0.717, 1.165) is 0 Å². The zero-order chi connectivity index (χ0) is 30.6. The second kappa shape index (κ2) is 13.3. The maximum atomic E-state index is 13.6. The quantitative estimate of drug-likeness (QED) is 0.379. The fourth-order valence-electron chi connectivity index (χ4n) is 5.08. The number of anilines is 2. The van der Waals surface area contributed by atoms with E-state index < -0.39 is 5.91 Å². The first-order chi connectivity index (χ1) is 20.0. The van der Waals surface area contributed by atoms with Gasteiger partial charge in [0.2, 0.25) is 17.6 Å². The number of halogens is 1. The molecule has 1 aliphatic carbocycles. The summed E-state index contributed by atoms with van der Waals surface area (Å²) in [4.78, 5) is 62.3. The average Bonchev–Trinajstić information content (AvgIpc) is 3.34. The van der Waals surface area contributed by atoms with Gasteiger partial charge in [-0.1, -0.05) is 17.7 Å². The topological polar surface area (TPSA) is 128 Å². The van der Waals surface area contributed by atoms with Crippen LogP contribution in [0.4, 0.5) is 11.5 Å². The second-order valence-electron chi connectivity index (χ2n) is 11.1. The summed E-state index contributed by atoms with van der Waals surface area (Å²) in [5.41, 5.74) is 0.710. The lowest BCUT2D eigenvalue weighted by Crippen LogP contribution is -2.35. The number of nitrogens with zero attached hydrogens (tertiary/aromatic N) is 4. The Morgan fingerprint density at radius 3 is 2.24 bits per heavy atom. The number of hydrogen-bond donors (Lipinski definition) is 2. The third-order valence-electron chi connectivity index (χ3n) is 7.49. The lowest BCUT2D eigenvalue weighted by Gasteiger charge is -2.28. The van der Waals surface area contributed by atoms with E-state index in [-0.39, 0.29) is 52.4 Å². The maximum Gasteiger partial charge on any atom is 0.294 e. The summed E-state index contributed by atoms with van der Waals surface area (Å²) >= 11 is 5.93. The van der Waals surface area contributed by atoms with Crippen molar-refractivity contribution in [2.75, 3.05) is 59.0 Å². The fraction of sp³-hybridized carbons (Fsp3) is 0.433. The van der Waals surface area contributed by atoms with Crippen molar-refractivity contribution >= 4 is 57.7 Å². The highest BCUT2D eigenvalue weighted by atomic mass is 35.5. The van der Waals surface area contributed by atoms with E-state index in [9.17, 15) is 19.2 Å². The van der Waals surface area contributed by atoms with Crippen LogP contribution in [0.3, 0.4) is 0 Å². The Kier molecular flexibility index (Phi) is 9.85. The van der Waals surface area contributed by atoms with Gasteiger partial charge in [-0.15, -0.1) is 0 Å². The molecule has 4 amide bonds.